The smallest absolute Gasteiger partial charge is 0.0938 e. The number of hydrogen-bond acceptors (Lipinski definition) is 3. The van der Waals surface area contributed by atoms with Crippen LogP contribution in [0, 0.1) is 5.92 Å². The first-order valence-corrected chi connectivity index (χ1v) is 8.18. The van der Waals surface area contributed by atoms with Crippen LogP contribution in [0.4, 0.5) is 0 Å². The summed E-state index contributed by atoms with van der Waals surface area (Å²) in [4.78, 5) is 4.73. The molecule has 0 amide bonds. The van der Waals surface area contributed by atoms with Crippen molar-refractivity contribution in [3.05, 3.63) is 27.7 Å². The van der Waals surface area contributed by atoms with Gasteiger partial charge in [0.15, 0.2) is 0 Å². The van der Waals surface area contributed by atoms with Crippen LogP contribution in [-0.4, -0.2) is 18.1 Å². The number of aryl methyl sites for hydroxylation is 1. The van der Waals surface area contributed by atoms with E-state index >= 15 is 0 Å². The first-order valence-electron chi connectivity index (χ1n) is 6.57. The van der Waals surface area contributed by atoms with Gasteiger partial charge in [-0.1, -0.05) is 15.9 Å². The molecule has 2 aromatic rings. The summed E-state index contributed by atoms with van der Waals surface area (Å²) >= 11 is 5.34. The minimum absolute atomic E-state index is 0.845. The minimum atomic E-state index is 0.845. The number of hydrogen-bond donors (Lipinski definition) is 1. The van der Waals surface area contributed by atoms with Crippen molar-refractivity contribution in [2.75, 3.05) is 13.1 Å². The van der Waals surface area contributed by atoms with Gasteiger partial charge in [0.2, 0.25) is 0 Å². The van der Waals surface area contributed by atoms with Gasteiger partial charge in [-0.15, -0.1) is 11.3 Å². The molecule has 0 bridgehead atoms. The molecular formula is C14H17BrN2S. The summed E-state index contributed by atoms with van der Waals surface area (Å²) in [6, 6.07) is 6.36. The van der Waals surface area contributed by atoms with Crippen LogP contribution < -0.4 is 5.32 Å². The molecule has 1 N–H and O–H groups in total. The summed E-state index contributed by atoms with van der Waals surface area (Å²) in [5, 5.41) is 4.77. The lowest BCUT2D eigenvalue weighted by Crippen LogP contribution is -2.29. The van der Waals surface area contributed by atoms with Crippen molar-refractivity contribution in [1.82, 2.24) is 10.3 Å². The maximum absolute atomic E-state index is 4.73. The van der Waals surface area contributed by atoms with Crippen LogP contribution in [0.25, 0.3) is 10.2 Å². The first kappa shape index (κ1) is 12.6. The number of fused-ring (bicyclic) bond motifs is 1. The molecule has 0 radical (unpaired) electrons. The number of thiazole rings is 1. The summed E-state index contributed by atoms with van der Waals surface area (Å²) in [7, 11) is 0. The number of benzene rings is 1. The zero-order valence-corrected chi connectivity index (χ0v) is 12.7. The fourth-order valence-electron chi connectivity index (χ4n) is 2.55. The van der Waals surface area contributed by atoms with E-state index in [-0.39, 0.29) is 0 Å². The Labute approximate surface area is 120 Å². The highest BCUT2D eigenvalue weighted by molar-refractivity contribution is 9.10. The van der Waals surface area contributed by atoms with Crippen LogP contribution in [-0.2, 0) is 6.42 Å². The van der Waals surface area contributed by atoms with Crippen molar-refractivity contribution in [3.8, 4) is 0 Å². The molecule has 1 atom stereocenters. The van der Waals surface area contributed by atoms with Crippen molar-refractivity contribution < 1.29 is 0 Å². The topological polar surface area (TPSA) is 24.9 Å². The Morgan fingerprint density at radius 2 is 2.39 bits per heavy atom. The SMILES string of the molecule is Brc1ccc2sc(CCC3CCCNC3)nc2c1. The summed E-state index contributed by atoms with van der Waals surface area (Å²) in [5.74, 6) is 0.845. The van der Waals surface area contributed by atoms with Gasteiger partial charge in [0.25, 0.3) is 0 Å². The molecule has 0 saturated carbocycles. The maximum Gasteiger partial charge on any atom is 0.0938 e. The molecule has 1 aliphatic rings. The van der Waals surface area contributed by atoms with Gasteiger partial charge in [0.05, 0.1) is 15.2 Å². The molecular weight excluding hydrogens is 308 g/mol. The molecule has 0 spiro atoms. The molecule has 1 aromatic carbocycles. The molecule has 4 heteroatoms. The van der Waals surface area contributed by atoms with Crippen LogP contribution in [0.5, 0.6) is 0 Å². The number of nitrogens with zero attached hydrogens (tertiary/aromatic N) is 1. The van der Waals surface area contributed by atoms with E-state index in [1.165, 1.54) is 42.1 Å². The Bertz CT molecular complexity index is 532. The molecule has 3 rings (SSSR count). The van der Waals surface area contributed by atoms with Crippen LogP contribution in [0.2, 0.25) is 0 Å². The Balaban J connectivity index is 1.67. The molecule has 2 heterocycles. The predicted molar refractivity (Wildman–Crippen MR) is 81.2 cm³/mol. The lowest BCUT2D eigenvalue weighted by atomic mass is 9.95. The summed E-state index contributed by atoms with van der Waals surface area (Å²) in [6.45, 7) is 2.39. The van der Waals surface area contributed by atoms with Gasteiger partial charge in [-0.2, -0.15) is 0 Å². The Morgan fingerprint density at radius 3 is 3.22 bits per heavy atom. The van der Waals surface area contributed by atoms with Gasteiger partial charge >= 0.3 is 0 Å². The van der Waals surface area contributed by atoms with Crippen molar-refractivity contribution in [1.29, 1.82) is 0 Å². The molecule has 1 aromatic heterocycles. The molecule has 18 heavy (non-hydrogen) atoms. The van der Waals surface area contributed by atoms with E-state index in [0.29, 0.717) is 0 Å². The van der Waals surface area contributed by atoms with E-state index in [1.807, 2.05) is 11.3 Å². The number of rotatable bonds is 3. The second-order valence-corrected chi connectivity index (χ2v) is 7.00. The van der Waals surface area contributed by atoms with Gasteiger partial charge in [-0.3, -0.25) is 0 Å². The fourth-order valence-corrected chi connectivity index (χ4v) is 3.87. The highest BCUT2D eigenvalue weighted by Gasteiger charge is 2.13. The van der Waals surface area contributed by atoms with Gasteiger partial charge in [0, 0.05) is 4.47 Å². The Hall–Kier alpha value is -0.450. The molecule has 1 aliphatic heterocycles. The third-order valence-corrected chi connectivity index (χ3v) is 5.15. The van der Waals surface area contributed by atoms with E-state index in [9.17, 15) is 0 Å². The monoisotopic (exact) mass is 324 g/mol. The van der Waals surface area contributed by atoms with E-state index in [0.717, 1.165) is 22.3 Å². The second-order valence-electron chi connectivity index (χ2n) is 4.97. The number of halogens is 1. The van der Waals surface area contributed by atoms with E-state index < -0.39 is 0 Å². The number of nitrogens with one attached hydrogen (secondary N) is 1. The van der Waals surface area contributed by atoms with E-state index in [1.54, 1.807) is 0 Å². The van der Waals surface area contributed by atoms with E-state index in [2.05, 4.69) is 39.4 Å². The molecule has 1 unspecified atom stereocenters. The van der Waals surface area contributed by atoms with Crippen LogP contribution >= 0.6 is 27.3 Å². The van der Waals surface area contributed by atoms with Gasteiger partial charge in [-0.05, 0) is 62.9 Å². The van der Waals surface area contributed by atoms with Crippen molar-refractivity contribution in [2.24, 2.45) is 5.92 Å². The van der Waals surface area contributed by atoms with Crippen molar-refractivity contribution in [3.63, 3.8) is 0 Å². The number of piperidine rings is 1. The van der Waals surface area contributed by atoms with Crippen LogP contribution in [0.15, 0.2) is 22.7 Å². The van der Waals surface area contributed by atoms with Crippen molar-refractivity contribution >= 4 is 37.5 Å². The highest BCUT2D eigenvalue weighted by Crippen LogP contribution is 2.27. The standard InChI is InChI=1S/C14H17BrN2S/c15-11-4-5-13-12(8-11)17-14(18-13)6-3-10-2-1-7-16-9-10/h4-5,8,10,16H,1-3,6-7,9H2. The molecule has 0 aliphatic carbocycles. The molecule has 1 fully saturated rings. The largest absolute Gasteiger partial charge is 0.316 e. The van der Waals surface area contributed by atoms with E-state index in [4.69, 9.17) is 4.98 Å². The lowest BCUT2D eigenvalue weighted by Gasteiger charge is -2.21. The van der Waals surface area contributed by atoms with Gasteiger partial charge in [-0.25, -0.2) is 4.98 Å². The van der Waals surface area contributed by atoms with Crippen LogP contribution in [0.3, 0.4) is 0 Å². The van der Waals surface area contributed by atoms with Gasteiger partial charge < -0.3 is 5.32 Å². The fraction of sp³-hybridized carbons (Fsp3) is 0.500. The number of aromatic nitrogens is 1. The Kier molecular flexibility index (Phi) is 3.97. The Morgan fingerprint density at radius 1 is 1.44 bits per heavy atom. The zero-order valence-electron chi connectivity index (χ0n) is 10.3. The average Bonchev–Trinajstić information content (AvgIpc) is 2.79. The first-order chi connectivity index (χ1) is 8.81. The minimum Gasteiger partial charge on any atom is -0.316 e. The van der Waals surface area contributed by atoms with Gasteiger partial charge in [0.1, 0.15) is 0 Å². The highest BCUT2D eigenvalue weighted by atomic mass is 79.9. The predicted octanol–water partition coefficient (Wildman–Crippen LogP) is 3.99. The quantitative estimate of drug-likeness (QED) is 0.923. The van der Waals surface area contributed by atoms with Crippen LogP contribution in [0.1, 0.15) is 24.3 Å². The summed E-state index contributed by atoms with van der Waals surface area (Å²) in [6.07, 6.45) is 5.11. The normalized spacial score (nSPS) is 20.4. The molecule has 1 saturated heterocycles. The third-order valence-electron chi connectivity index (χ3n) is 3.56. The zero-order chi connectivity index (χ0) is 12.4. The lowest BCUT2D eigenvalue weighted by molar-refractivity contribution is 0.358. The maximum atomic E-state index is 4.73. The van der Waals surface area contributed by atoms with Crippen molar-refractivity contribution in [2.45, 2.75) is 25.7 Å². The summed E-state index contributed by atoms with van der Waals surface area (Å²) < 4.78 is 2.42. The third kappa shape index (κ3) is 2.92. The second kappa shape index (κ2) is 5.68. The molecule has 2 nitrogen and oxygen atoms in total. The molecule has 96 valence electrons. The average molecular weight is 325 g/mol. The summed E-state index contributed by atoms with van der Waals surface area (Å²) in [5.41, 5.74) is 1.13.